The summed E-state index contributed by atoms with van der Waals surface area (Å²) in [5, 5.41) is 3.48. The topological polar surface area (TPSA) is 108 Å². The molecule has 3 heterocycles. The number of nitrogens with zero attached hydrogens (tertiary/aromatic N) is 1. The fraction of sp³-hybridized carbons (Fsp3) is 0.222. The van der Waals surface area contributed by atoms with Gasteiger partial charge in [0.25, 0.3) is 15.9 Å². The number of hydrogen-bond acceptors (Lipinski definition) is 8. The number of Topliss-reactive ketones (excluding diaryl/α,β-unsaturated/α-hetero) is 1. The zero-order valence-corrected chi connectivity index (χ0v) is 16.2. The summed E-state index contributed by atoms with van der Waals surface area (Å²) in [5.41, 5.74) is -2.31. The highest BCUT2D eigenvalue weighted by Crippen LogP contribution is 2.36. The van der Waals surface area contributed by atoms with Crippen molar-refractivity contribution in [3.8, 4) is 11.5 Å². The van der Waals surface area contributed by atoms with Gasteiger partial charge in [-0.15, -0.1) is 11.3 Å². The van der Waals surface area contributed by atoms with Gasteiger partial charge in [0.05, 0.1) is 4.88 Å². The summed E-state index contributed by atoms with van der Waals surface area (Å²) < 4.78 is 126. The van der Waals surface area contributed by atoms with Gasteiger partial charge in [0.15, 0.2) is 18.7 Å². The predicted octanol–water partition coefficient (Wildman–Crippen LogP) is 3.96. The van der Waals surface area contributed by atoms with Crippen LogP contribution in [0.4, 0.5) is 5.88 Å². The van der Waals surface area contributed by atoms with Crippen LogP contribution < -0.4 is 14.2 Å². The molecule has 29 heavy (non-hydrogen) atoms. The number of carbonyl (C=O) groups excluding carboxylic acids is 1. The number of fused-ring (bicyclic) bond motifs is 1. The molecule has 3 aromatic rings. The number of anilines is 1. The SMILES string of the molecule is [2H]N(c1onc(C([2H])([2H])[2H])c1Cl)S(=O)(=O)c1ccsc1C(=O)C([2H])([2H])c1cc2c(cc1C([2H])([2H])[2H])OC([2H])([2H])O2. The molecule has 0 saturated heterocycles. The van der Waals surface area contributed by atoms with Crippen molar-refractivity contribution in [2.24, 2.45) is 0 Å². The molecule has 4 rings (SSSR count). The van der Waals surface area contributed by atoms with Crippen molar-refractivity contribution >= 4 is 44.6 Å². The van der Waals surface area contributed by atoms with E-state index < -0.39 is 85.9 Å². The van der Waals surface area contributed by atoms with Crippen LogP contribution in [0.15, 0.2) is 33.0 Å². The summed E-state index contributed by atoms with van der Waals surface area (Å²) in [7, 11) is -5.07. The highest BCUT2D eigenvalue weighted by Gasteiger charge is 2.27. The van der Waals surface area contributed by atoms with Crippen LogP contribution in [0.25, 0.3) is 0 Å². The lowest BCUT2D eigenvalue weighted by Gasteiger charge is -2.09. The van der Waals surface area contributed by atoms with E-state index in [0.29, 0.717) is 11.3 Å². The van der Waals surface area contributed by atoms with Gasteiger partial charge in [-0.2, -0.15) is 0 Å². The van der Waals surface area contributed by atoms with Crippen molar-refractivity contribution < 1.29 is 42.3 Å². The smallest absolute Gasteiger partial charge is 0.265 e. The molecule has 8 nitrogen and oxygen atoms in total. The Morgan fingerprint density at radius 2 is 2.24 bits per heavy atom. The number of ether oxygens (including phenoxy) is 2. The van der Waals surface area contributed by atoms with Crippen LogP contribution >= 0.6 is 22.9 Å². The summed E-state index contributed by atoms with van der Waals surface area (Å²) >= 11 is 6.35. The molecule has 0 amide bonds. The molecule has 1 aliphatic heterocycles. The van der Waals surface area contributed by atoms with Crippen molar-refractivity contribution in [3.05, 3.63) is 50.3 Å². The Bertz CT molecular complexity index is 1610. The standard InChI is InChI=1S/C18H15ClN2O6S2/c1-9-5-13-14(26-8-25-13)7-11(9)6-12(22)17-15(3-4-28-17)29(23,24)21-18-16(19)10(2)20-27-18/h3-5,7,21H,6,8H2,1-2H3/i1D3,2D3,6D2,8D2/hD. The van der Waals surface area contributed by atoms with E-state index in [0.717, 1.165) is 23.6 Å². The van der Waals surface area contributed by atoms with E-state index in [2.05, 4.69) is 9.68 Å². The van der Waals surface area contributed by atoms with Crippen LogP contribution in [0.1, 0.15) is 40.2 Å². The Morgan fingerprint density at radius 3 is 2.97 bits per heavy atom. The second-order valence-electron chi connectivity index (χ2n) is 5.42. The van der Waals surface area contributed by atoms with Gasteiger partial charge in [-0.05, 0) is 48.4 Å². The summed E-state index contributed by atoms with van der Waals surface area (Å²) in [4.78, 5) is 11.8. The largest absolute Gasteiger partial charge is 0.454 e. The normalized spacial score (nSPS) is 21.6. The van der Waals surface area contributed by atoms with Gasteiger partial charge in [-0.25, -0.2) is 13.1 Å². The van der Waals surface area contributed by atoms with E-state index in [9.17, 15) is 13.2 Å². The number of sulfonamides is 1. The van der Waals surface area contributed by atoms with Crippen molar-refractivity contribution in [2.75, 3.05) is 11.5 Å². The van der Waals surface area contributed by atoms with E-state index in [-0.39, 0.29) is 10.5 Å². The molecular weight excluding hydrogens is 440 g/mol. The second-order valence-corrected chi connectivity index (χ2v) is 8.28. The Hall–Kier alpha value is -2.56. The minimum atomic E-state index is -5.07. The third kappa shape index (κ3) is 3.70. The Balaban J connectivity index is 1.79. The van der Waals surface area contributed by atoms with Gasteiger partial charge >= 0.3 is 0 Å². The Morgan fingerprint density at radius 1 is 1.45 bits per heavy atom. The number of aromatic nitrogens is 1. The number of hydrogen-bond donors (Lipinski definition) is 1. The first-order chi connectivity index (χ1) is 18.1. The molecule has 0 atom stereocenters. The lowest BCUT2D eigenvalue weighted by Crippen LogP contribution is -2.16. The molecule has 0 spiro atoms. The molecule has 152 valence electrons. The lowest BCUT2D eigenvalue weighted by molar-refractivity contribution is 0.0994. The van der Waals surface area contributed by atoms with Gasteiger partial charge < -0.3 is 14.0 Å². The van der Waals surface area contributed by atoms with E-state index in [1.54, 1.807) is 0 Å². The van der Waals surface area contributed by atoms with Gasteiger partial charge in [0.1, 0.15) is 18.4 Å². The van der Waals surface area contributed by atoms with Crippen molar-refractivity contribution in [3.63, 3.8) is 0 Å². The predicted molar refractivity (Wildman–Crippen MR) is 107 cm³/mol. The number of halogens is 1. The first kappa shape index (κ1) is 10.5. The van der Waals surface area contributed by atoms with E-state index in [1.165, 1.54) is 0 Å². The van der Waals surface area contributed by atoms with Gasteiger partial charge in [0.2, 0.25) is 6.75 Å². The first-order valence-corrected chi connectivity index (χ1v) is 10.2. The number of carbonyl (C=O) groups is 1. The maximum absolute atomic E-state index is 13.5. The monoisotopic (exact) mass is 465 g/mol. The average Bonchev–Trinajstić information content (AvgIpc) is 3.51. The minimum Gasteiger partial charge on any atom is -0.454 e. The van der Waals surface area contributed by atoms with Crippen LogP contribution in [-0.4, -0.2) is 26.1 Å². The molecule has 0 aliphatic carbocycles. The Kier molecular flexibility index (Phi) is 2.66. The molecule has 0 radical (unpaired) electrons. The quantitative estimate of drug-likeness (QED) is 0.549. The fourth-order valence-corrected chi connectivity index (χ4v) is 4.66. The van der Waals surface area contributed by atoms with Crippen molar-refractivity contribution in [2.45, 2.75) is 25.0 Å². The second kappa shape index (κ2) is 7.36. The molecule has 1 N–H and O–H groups in total. The summed E-state index contributed by atoms with van der Waals surface area (Å²) in [6, 6.07) is 2.46. The molecule has 0 unspecified atom stereocenters. The molecule has 0 fully saturated rings. The maximum Gasteiger partial charge on any atom is 0.265 e. The molecule has 0 bridgehead atoms. The first-order valence-electron chi connectivity index (χ1n) is 12.9. The minimum absolute atomic E-state index is 0.317. The van der Waals surface area contributed by atoms with Crippen LogP contribution in [0.3, 0.4) is 0 Å². The van der Waals surface area contributed by atoms with Crippen molar-refractivity contribution in [1.82, 2.24) is 5.16 Å². The average molecular weight is 466 g/mol. The number of rotatable bonds is 6. The van der Waals surface area contributed by atoms with E-state index in [1.807, 2.05) is 0 Å². The number of aryl methyl sites for hydroxylation is 2. The third-order valence-corrected chi connectivity index (χ3v) is 6.26. The Labute approximate surface area is 190 Å². The summed E-state index contributed by atoms with van der Waals surface area (Å²) in [6.07, 6.45) is -3.22. The number of thiophene rings is 1. The van der Waals surface area contributed by atoms with Gasteiger partial charge in [-0.1, -0.05) is 16.8 Å². The van der Waals surface area contributed by atoms with Crippen LogP contribution in [0, 0.1) is 13.7 Å². The molecule has 1 aromatic carbocycles. The number of nitrogens with one attached hydrogen (secondary N) is 1. The number of ketones is 1. The highest BCUT2D eigenvalue weighted by atomic mass is 35.5. The molecule has 1 aliphatic rings. The van der Waals surface area contributed by atoms with Crippen LogP contribution in [-0.2, 0) is 16.4 Å². The fourth-order valence-electron chi connectivity index (χ4n) is 2.26. The van der Waals surface area contributed by atoms with E-state index >= 15 is 0 Å². The molecule has 2 aromatic heterocycles. The van der Waals surface area contributed by atoms with Crippen molar-refractivity contribution in [1.29, 1.82) is 0 Å². The lowest BCUT2D eigenvalue weighted by atomic mass is 10.0. The zero-order chi connectivity index (χ0) is 30.2. The van der Waals surface area contributed by atoms with Crippen LogP contribution in [0.2, 0.25) is 6.43 Å². The summed E-state index contributed by atoms with van der Waals surface area (Å²) in [5.74, 6) is -3.28. The maximum atomic E-state index is 13.5. The molecule has 11 heteroatoms. The van der Waals surface area contributed by atoms with Gasteiger partial charge in [0, 0.05) is 17.3 Å². The van der Waals surface area contributed by atoms with Gasteiger partial charge in [-0.3, -0.25) is 4.79 Å². The van der Waals surface area contributed by atoms with E-state index in [4.69, 9.17) is 36.2 Å². The highest BCUT2D eigenvalue weighted by molar-refractivity contribution is 7.93. The zero-order valence-electron chi connectivity index (χ0n) is 24.8. The summed E-state index contributed by atoms with van der Waals surface area (Å²) in [6.45, 7) is -8.63. The third-order valence-electron chi connectivity index (χ3n) is 3.57. The molecule has 0 saturated carbocycles. The van der Waals surface area contributed by atoms with Crippen LogP contribution in [0.5, 0.6) is 11.5 Å². The number of benzene rings is 1. The molecular formula is C18H15ClN2O6S2.